The molecule has 2 rings (SSSR count). The first-order chi connectivity index (χ1) is 8.56. The fraction of sp³-hybridized carbons (Fsp3) is 0.154. The van der Waals surface area contributed by atoms with Crippen LogP contribution in [0.15, 0.2) is 34.8 Å². The van der Waals surface area contributed by atoms with Crippen LogP contribution in [0.2, 0.25) is 0 Å². The highest BCUT2D eigenvalue weighted by Gasteiger charge is 2.11. The van der Waals surface area contributed by atoms with Gasteiger partial charge in [-0.2, -0.15) is 0 Å². The third-order valence-corrected chi connectivity index (χ3v) is 4.00. The molecule has 5 heteroatoms. The van der Waals surface area contributed by atoms with E-state index in [-0.39, 0.29) is 0 Å². The van der Waals surface area contributed by atoms with Crippen LogP contribution in [0.4, 0.5) is 0 Å². The molecule has 94 valence electrons. The van der Waals surface area contributed by atoms with Crippen molar-refractivity contribution >= 4 is 33.2 Å². The third kappa shape index (κ3) is 3.11. The number of ether oxygens (including phenoxy) is 1. The molecule has 0 amide bonds. The summed E-state index contributed by atoms with van der Waals surface area (Å²) < 4.78 is 6.58. The van der Waals surface area contributed by atoms with Gasteiger partial charge >= 0.3 is 5.97 Å². The number of aryl methyl sites for hydroxylation is 1. The summed E-state index contributed by atoms with van der Waals surface area (Å²) in [4.78, 5) is 12.2. The van der Waals surface area contributed by atoms with Crippen LogP contribution in [0.1, 0.15) is 20.1 Å². The van der Waals surface area contributed by atoms with Crippen molar-refractivity contribution < 1.29 is 14.6 Å². The topological polar surface area (TPSA) is 46.5 Å². The largest absolute Gasteiger partial charge is 0.489 e. The number of carboxylic acid groups (broad SMARTS) is 1. The van der Waals surface area contributed by atoms with Crippen molar-refractivity contribution in [3.8, 4) is 5.75 Å². The van der Waals surface area contributed by atoms with Gasteiger partial charge in [0.1, 0.15) is 17.2 Å². The molecule has 0 atom stereocenters. The molecule has 1 heterocycles. The molecule has 0 radical (unpaired) electrons. The SMILES string of the molecule is Cc1sc(C(=O)O)cc1COc1cccc(Br)c1. The van der Waals surface area contributed by atoms with Crippen LogP contribution in [0, 0.1) is 6.92 Å². The summed E-state index contributed by atoms with van der Waals surface area (Å²) in [6.45, 7) is 2.28. The van der Waals surface area contributed by atoms with Gasteiger partial charge < -0.3 is 9.84 Å². The highest BCUT2D eigenvalue weighted by Crippen LogP contribution is 2.24. The Bertz CT molecular complexity index is 577. The fourth-order valence-corrected chi connectivity index (χ4v) is 2.73. The van der Waals surface area contributed by atoms with E-state index in [2.05, 4.69) is 15.9 Å². The van der Waals surface area contributed by atoms with Gasteiger partial charge in [0, 0.05) is 14.9 Å². The van der Waals surface area contributed by atoms with E-state index in [0.29, 0.717) is 11.5 Å². The van der Waals surface area contributed by atoms with Crippen molar-refractivity contribution in [1.82, 2.24) is 0 Å². The molecule has 0 bridgehead atoms. The number of thiophene rings is 1. The van der Waals surface area contributed by atoms with E-state index in [1.165, 1.54) is 11.3 Å². The van der Waals surface area contributed by atoms with E-state index in [9.17, 15) is 4.79 Å². The Hall–Kier alpha value is -1.33. The zero-order chi connectivity index (χ0) is 13.1. The molecule has 0 spiro atoms. The molecule has 1 N–H and O–H groups in total. The second kappa shape index (κ2) is 5.54. The lowest BCUT2D eigenvalue weighted by atomic mass is 10.2. The van der Waals surface area contributed by atoms with Crippen LogP contribution in [-0.2, 0) is 6.61 Å². The van der Waals surface area contributed by atoms with Gasteiger partial charge in [-0.05, 0) is 31.2 Å². The lowest BCUT2D eigenvalue weighted by Gasteiger charge is -2.05. The van der Waals surface area contributed by atoms with E-state index < -0.39 is 5.97 Å². The Kier molecular flexibility index (Phi) is 4.04. The molecular formula is C13H11BrO3S. The second-order valence-electron chi connectivity index (χ2n) is 3.74. The van der Waals surface area contributed by atoms with E-state index in [0.717, 1.165) is 20.7 Å². The van der Waals surface area contributed by atoms with Gasteiger partial charge in [-0.15, -0.1) is 11.3 Å². The van der Waals surface area contributed by atoms with Crippen LogP contribution in [0.5, 0.6) is 5.75 Å². The van der Waals surface area contributed by atoms with Gasteiger partial charge in [-0.3, -0.25) is 0 Å². The quantitative estimate of drug-likeness (QED) is 0.920. The van der Waals surface area contributed by atoms with E-state index in [1.807, 2.05) is 31.2 Å². The summed E-state index contributed by atoms with van der Waals surface area (Å²) in [5.41, 5.74) is 0.914. The van der Waals surface area contributed by atoms with Gasteiger partial charge in [-0.25, -0.2) is 4.79 Å². The van der Waals surface area contributed by atoms with Crippen molar-refractivity contribution in [3.05, 3.63) is 50.1 Å². The summed E-state index contributed by atoms with van der Waals surface area (Å²) >= 11 is 4.64. The maximum absolute atomic E-state index is 10.8. The van der Waals surface area contributed by atoms with Gasteiger partial charge in [0.25, 0.3) is 0 Å². The Labute approximate surface area is 117 Å². The number of rotatable bonds is 4. The summed E-state index contributed by atoms with van der Waals surface area (Å²) in [6.07, 6.45) is 0. The molecule has 18 heavy (non-hydrogen) atoms. The van der Waals surface area contributed by atoms with E-state index in [1.54, 1.807) is 6.07 Å². The number of benzene rings is 1. The first-order valence-electron chi connectivity index (χ1n) is 5.27. The maximum Gasteiger partial charge on any atom is 0.345 e. The minimum absolute atomic E-state index is 0.348. The van der Waals surface area contributed by atoms with Crippen molar-refractivity contribution in [3.63, 3.8) is 0 Å². The number of carboxylic acids is 1. The zero-order valence-electron chi connectivity index (χ0n) is 9.64. The molecule has 0 saturated heterocycles. The number of hydrogen-bond acceptors (Lipinski definition) is 3. The first-order valence-corrected chi connectivity index (χ1v) is 6.88. The van der Waals surface area contributed by atoms with Crippen molar-refractivity contribution in [2.45, 2.75) is 13.5 Å². The average Bonchev–Trinajstić information content (AvgIpc) is 2.68. The summed E-state index contributed by atoms with van der Waals surface area (Å²) in [7, 11) is 0. The van der Waals surface area contributed by atoms with Crippen LogP contribution in [-0.4, -0.2) is 11.1 Å². The molecule has 1 aromatic carbocycles. The zero-order valence-corrected chi connectivity index (χ0v) is 12.0. The summed E-state index contributed by atoms with van der Waals surface area (Å²) in [5.74, 6) is -0.136. The fourth-order valence-electron chi connectivity index (χ4n) is 1.49. The Morgan fingerprint density at radius 3 is 2.83 bits per heavy atom. The molecule has 0 saturated carbocycles. The van der Waals surface area contributed by atoms with Gasteiger partial charge in [0.05, 0.1) is 0 Å². The standard InChI is InChI=1S/C13H11BrO3S/c1-8-9(5-12(18-8)13(15)16)7-17-11-4-2-3-10(14)6-11/h2-6H,7H2,1H3,(H,15,16). The minimum Gasteiger partial charge on any atom is -0.489 e. The average molecular weight is 327 g/mol. The molecule has 0 aliphatic carbocycles. The molecule has 0 aliphatic heterocycles. The van der Waals surface area contributed by atoms with Crippen LogP contribution < -0.4 is 4.74 Å². The minimum atomic E-state index is -0.892. The predicted molar refractivity (Wildman–Crippen MR) is 74.5 cm³/mol. The Balaban J connectivity index is 2.08. The molecule has 2 aromatic rings. The molecule has 1 aromatic heterocycles. The number of carbonyl (C=O) groups is 1. The highest BCUT2D eigenvalue weighted by molar-refractivity contribution is 9.10. The predicted octanol–water partition coefficient (Wildman–Crippen LogP) is 4.10. The van der Waals surface area contributed by atoms with Gasteiger partial charge in [0.15, 0.2) is 0 Å². The van der Waals surface area contributed by atoms with Crippen molar-refractivity contribution in [1.29, 1.82) is 0 Å². The lowest BCUT2D eigenvalue weighted by Crippen LogP contribution is -1.96. The van der Waals surface area contributed by atoms with Crippen molar-refractivity contribution in [2.24, 2.45) is 0 Å². The van der Waals surface area contributed by atoms with Crippen molar-refractivity contribution in [2.75, 3.05) is 0 Å². The summed E-state index contributed by atoms with van der Waals surface area (Å²) in [5, 5.41) is 8.91. The second-order valence-corrected chi connectivity index (χ2v) is 5.92. The maximum atomic E-state index is 10.8. The van der Waals surface area contributed by atoms with Crippen LogP contribution in [0.3, 0.4) is 0 Å². The van der Waals surface area contributed by atoms with E-state index >= 15 is 0 Å². The number of halogens is 1. The summed E-state index contributed by atoms with van der Waals surface area (Å²) in [6, 6.07) is 9.22. The number of aromatic carboxylic acids is 1. The molecule has 0 fully saturated rings. The lowest BCUT2D eigenvalue weighted by molar-refractivity contribution is 0.0702. The highest BCUT2D eigenvalue weighted by atomic mass is 79.9. The first kappa shape index (κ1) is 13.1. The Morgan fingerprint density at radius 1 is 1.44 bits per heavy atom. The van der Waals surface area contributed by atoms with E-state index in [4.69, 9.17) is 9.84 Å². The van der Waals surface area contributed by atoms with Crippen LogP contribution >= 0.6 is 27.3 Å². The smallest absolute Gasteiger partial charge is 0.345 e. The molecule has 0 unspecified atom stereocenters. The monoisotopic (exact) mass is 326 g/mol. The molecule has 0 aliphatic rings. The number of hydrogen-bond donors (Lipinski definition) is 1. The normalized spacial score (nSPS) is 10.3. The molecular weight excluding hydrogens is 316 g/mol. The van der Waals surface area contributed by atoms with Gasteiger partial charge in [-0.1, -0.05) is 22.0 Å². The Morgan fingerprint density at radius 2 is 2.22 bits per heavy atom. The molecule has 3 nitrogen and oxygen atoms in total. The third-order valence-electron chi connectivity index (χ3n) is 2.42. The van der Waals surface area contributed by atoms with Gasteiger partial charge in [0.2, 0.25) is 0 Å². The van der Waals surface area contributed by atoms with Crippen LogP contribution in [0.25, 0.3) is 0 Å².